The van der Waals surface area contributed by atoms with Crippen LogP contribution in [0, 0.1) is 0 Å². The van der Waals surface area contributed by atoms with Crippen LogP contribution in [0.15, 0.2) is 24.3 Å². The molecule has 1 spiro atoms. The van der Waals surface area contributed by atoms with Gasteiger partial charge in [0.2, 0.25) is 5.91 Å². The van der Waals surface area contributed by atoms with Crippen molar-refractivity contribution in [2.24, 2.45) is 0 Å². The molecule has 1 aromatic rings. The molecule has 4 rings (SSSR count). The number of rotatable bonds is 1. The third-order valence-electron chi connectivity index (χ3n) is 5.36. The number of anilines is 1. The van der Waals surface area contributed by atoms with Gasteiger partial charge < -0.3 is 15.5 Å². The Hall–Kier alpha value is -2.04. The Morgan fingerprint density at radius 1 is 1.27 bits per heavy atom. The van der Waals surface area contributed by atoms with Crippen LogP contribution in [0.4, 0.5) is 10.5 Å². The van der Waals surface area contributed by atoms with E-state index in [-0.39, 0.29) is 11.9 Å². The van der Waals surface area contributed by atoms with Crippen LogP contribution in [0.25, 0.3) is 0 Å². The Bertz CT molecular complexity index is 624. The summed E-state index contributed by atoms with van der Waals surface area (Å²) >= 11 is 0. The first-order chi connectivity index (χ1) is 10.7. The lowest BCUT2D eigenvalue weighted by Gasteiger charge is -2.24. The molecule has 1 saturated heterocycles. The number of fused-ring (bicyclic) bond motifs is 2. The summed E-state index contributed by atoms with van der Waals surface area (Å²) < 4.78 is 0. The molecule has 0 radical (unpaired) electrons. The van der Waals surface area contributed by atoms with Crippen molar-refractivity contribution >= 4 is 17.6 Å². The maximum absolute atomic E-state index is 12.5. The van der Waals surface area contributed by atoms with E-state index >= 15 is 0 Å². The van der Waals surface area contributed by atoms with E-state index in [2.05, 4.69) is 10.6 Å². The molecule has 2 fully saturated rings. The van der Waals surface area contributed by atoms with Gasteiger partial charge in [-0.15, -0.1) is 0 Å². The van der Waals surface area contributed by atoms with Crippen molar-refractivity contribution in [2.75, 3.05) is 18.4 Å². The Morgan fingerprint density at radius 3 is 2.86 bits per heavy atom. The summed E-state index contributed by atoms with van der Waals surface area (Å²) in [6, 6.07) is 8.13. The lowest BCUT2D eigenvalue weighted by atomic mass is 9.81. The zero-order valence-electron chi connectivity index (χ0n) is 12.6. The van der Waals surface area contributed by atoms with Crippen LogP contribution in [0.3, 0.4) is 0 Å². The Labute approximate surface area is 130 Å². The van der Waals surface area contributed by atoms with E-state index < -0.39 is 5.41 Å². The molecule has 3 aliphatic rings. The van der Waals surface area contributed by atoms with Gasteiger partial charge in [-0.2, -0.15) is 0 Å². The summed E-state index contributed by atoms with van der Waals surface area (Å²) in [6.07, 6.45) is 5.26. The first-order valence-electron chi connectivity index (χ1n) is 8.15. The number of likely N-dealkylation sites (tertiary alicyclic amines) is 1. The van der Waals surface area contributed by atoms with Gasteiger partial charge in [-0.25, -0.2) is 4.79 Å². The fourth-order valence-corrected chi connectivity index (χ4v) is 4.10. The van der Waals surface area contributed by atoms with Gasteiger partial charge in [-0.3, -0.25) is 4.79 Å². The first-order valence-corrected chi connectivity index (χ1v) is 8.15. The number of amides is 3. The van der Waals surface area contributed by atoms with Crippen molar-refractivity contribution in [3.63, 3.8) is 0 Å². The van der Waals surface area contributed by atoms with Crippen molar-refractivity contribution in [3.8, 4) is 0 Å². The van der Waals surface area contributed by atoms with Gasteiger partial charge in [-0.1, -0.05) is 31.0 Å². The number of benzene rings is 1. The second-order valence-corrected chi connectivity index (χ2v) is 6.68. The summed E-state index contributed by atoms with van der Waals surface area (Å²) in [5.74, 6) is 0.0323. The van der Waals surface area contributed by atoms with Crippen LogP contribution in [-0.4, -0.2) is 36.0 Å². The van der Waals surface area contributed by atoms with Crippen LogP contribution in [0.1, 0.15) is 37.7 Å². The molecule has 2 aliphatic heterocycles. The third kappa shape index (κ3) is 1.99. The molecule has 3 amide bonds. The minimum Gasteiger partial charge on any atom is -0.335 e. The molecule has 0 aromatic heterocycles. The molecule has 1 aromatic carbocycles. The van der Waals surface area contributed by atoms with Gasteiger partial charge in [0.05, 0.1) is 5.41 Å². The van der Waals surface area contributed by atoms with Crippen molar-refractivity contribution < 1.29 is 9.59 Å². The average Bonchev–Trinajstić information content (AvgIpc) is 3.22. The highest BCUT2D eigenvalue weighted by atomic mass is 16.2. The van der Waals surface area contributed by atoms with E-state index in [0.29, 0.717) is 25.6 Å². The molecule has 1 saturated carbocycles. The molecular weight excluding hydrogens is 278 g/mol. The second-order valence-electron chi connectivity index (χ2n) is 6.68. The summed E-state index contributed by atoms with van der Waals surface area (Å²) in [5, 5.41) is 6.09. The highest BCUT2D eigenvalue weighted by Gasteiger charge is 2.52. The largest absolute Gasteiger partial charge is 0.335 e. The van der Waals surface area contributed by atoms with Gasteiger partial charge in [-0.05, 0) is 30.9 Å². The Kier molecular flexibility index (Phi) is 3.10. The van der Waals surface area contributed by atoms with E-state index in [9.17, 15) is 9.59 Å². The molecule has 2 N–H and O–H groups in total. The summed E-state index contributed by atoms with van der Waals surface area (Å²) in [7, 11) is 0. The van der Waals surface area contributed by atoms with Gasteiger partial charge in [0.15, 0.2) is 0 Å². The summed E-state index contributed by atoms with van der Waals surface area (Å²) in [6.45, 7) is 1.12. The molecule has 0 bridgehead atoms. The van der Waals surface area contributed by atoms with E-state index in [4.69, 9.17) is 0 Å². The van der Waals surface area contributed by atoms with Gasteiger partial charge >= 0.3 is 6.03 Å². The molecule has 5 nitrogen and oxygen atoms in total. The van der Waals surface area contributed by atoms with E-state index in [0.717, 1.165) is 24.1 Å². The maximum atomic E-state index is 12.5. The molecule has 1 atom stereocenters. The minimum atomic E-state index is -0.552. The zero-order valence-corrected chi connectivity index (χ0v) is 12.6. The third-order valence-corrected chi connectivity index (χ3v) is 5.36. The van der Waals surface area contributed by atoms with Gasteiger partial charge in [0.25, 0.3) is 0 Å². The molecule has 2 heterocycles. The summed E-state index contributed by atoms with van der Waals surface area (Å²) in [4.78, 5) is 26.7. The van der Waals surface area contributed by atoms with Crippen molar-refractivity contribution in [2.45, 2.75) is 43.6 Å². The molecular formula is C17H21N3O2. The molecule has 116 valence electrons. The first kappa shape index (κ1) is 13.6. The van der Waals surface area contributed by atoms with Crippen LogP contribution in [0.5, 0.6) is 0 Å². The SMILES string of the molecule is O=C(NC1CCCC1)N1CC[C@]2(C1)C(=O)Nc1ccccc12. The lowest BCUT2D eigenvalue weighted by molar-refractivity contribution is -0.120. The maximum Gasteiger partial charge on any atom is 0.317 e. The fourth-order valence-electron chi connectivity index (χ4n) is 4.10. The van der Waals surface area contributed by atoms with Crippen LogP contribution in [-0.2, 0) is 10.2 Å². The number of carbonyl (C=O) groups excluding carboxylic acids is 2. The monoisotopic (exact) mass is 299 g/mol. The highest BCUT2D eigenvalue weighted by Crippen LogP contribution is 2.44. The average molecular weight is 299 g/mol. The standard InChI is InChI=1S/C17H21N3O2/c21-15-17(13-7-3-4-8-14(13)19-15)9-10-20(11-17)16(22)18-12-5-1-2-6-12/h3-4,7-8,12H,1-2,5-6,9-11H2,(H,18,22)(H,19,21)/t17-/m1/s1. The molecule has 1 aliphatic carbocycles. The van der Waals surface area contributed by atoms with E-state index in [1.54, 1.807) is 4.90 Å². The van der Waals surface area contributed by atoms with E-state index in [1.165, 1.54) is 12.8 Å². The number of carbonyl (C=O) groups is 2. The number of nitrogens with zero attached hydrogens (tertiary/aromatic N) is 1. The van der Waals surface area contributed by atoms with Gasteiger partial charge in [0.1, 0.15) is 0 Å². The van der Waals surface area contributed by atoms with Crippen LogP contribution in [0.2, 0.25) is 0 Å². The van der Waals surface area contributed by atoms with Crippen LogP contribution < -0.4 is 10.6 Å². The number of urea groups is 1. The predicted octanol–water partition coefficient (Wildman–Crippen LogP) is 2.23. The zero-order chi connectivity index (χ0) is 15.2. The van der Waals surface area contributed by atoms with Crippen molar-refractivity contribution in [1.82, 2.24) is 10.2 Å². The second kappa shape index (κ2) is 5.00. The predicted molar refractivity (Wildman–Crippen MR) is 83.7 cm³/mol. The number of para-hydroxylation sites is 1. The van der Waals surface area contributed by atoms with Crippen molar-refractivity contribution in [1.29, 1.82) is 0 Å². The highest BCUT2D eigenvalue weighted by molar-refractivity contribution is 6.07. The van der Waals surface area contributed by atoms with Gasteiger partial charge in [0, 0.05) is 24.8 Å². The number of hydrogen-bond acceptors (Lipinski definition) is 2. The Balaban J connectivity index is 1.52. The molecule has 22 heavy (non-hydrogen) atoms. The smallest absolute Gasteiger partial charge is 0.317 e. The van der Waals surface area contributed by atoms with E-state index in [1.807, 2.05) is 24.3 Å². The minimum absolute atomic E-state index is 0.0130. The quantitative estimate of drug-likeness (QED) is 0.835. The number of nitrogens with one attached hydrogen (secondary N) is 2. The fraction of sp³-hybridized carbons (Fsp3) is 0.529. The normalized spacial score (nSPS) is 27.3. The number of hydrogen-bond donors (Lipinski definition) is 2. The molecule has 0 unspecified atom stereocenters. The lowest BCUT2D eigenvalue weighted by Crippen LogP contribution is -2.45. The Morgan fingerprint density at radius 2 is 2.05 bits per heavy atom. The molecule has 5 heteroatoms. The summed E-state index contributed by atoms with van der Waals surface area (Å²) in [5.41, 5.74) is 1.38. The van der Waals surface area contributed by atoms with Crippen molar-refractivity contribution in [3.05, 3.63) is 29.8 Å². The van der Waals surface area contributed by atoms with Crippen LogP contribution >= 0.6 is 0 Å². The topological polar surface area (TPSA) is 61.4 Å².